The molecule has 0 saturated heterocycles. The summed E-state index contributed by atoms with van der Waals surface area (Å²) in [6, 6.07) is 11.9. The number of pyridine rings is 1. The first kappa shape index (κ1) is 18.5. The number of sulfone groups is 1. The lowest BCUT2D eigenvalue weighted by Crippen LogP contribution is -2.00. The van der Waals surface area contributed by atoms with Crippen molar-refractivity contribution in [3.8, 4) is 17.6 Å². The van der Waals surface area contributed by atoms with E-state index >= 15 is 0 Å². The zero-order valence-electron chi connectivity index (χ0n) is 15.0. The Bertz CT molecular complexity index is 1150. The first-order valence-electron chi connectivity index (χ1n) is 7.89. The molecule has 7 nitrogen and oxygen atoms in total. The molecule has 3 rings (SSSR count). The van der Waals surface area contributed by atoms with Crippen LogP contribution in [0.3, 0.4) is 0 Å². The average Bonchev–Trinajstić information content (AvgIpc) is 2.66. The van der Waals surface area contributed by atoms with Gasteiger partial charge in [-0.1, -0.05) is 0 Å². The second kappa shape index (κ2) is 7.13. The minimum Gasteiger partial charge on any atom is -0.493 e. The summed E-state index contributed by atoms with van der Waals surface area (Å²) in [6.07, 6.45) is 2.63. The normalized spacial score (nSPS) is 11.0. The molecule has 0 fully saturated rings. The molecule has 0 radical (unpaired) electrons. The van der Waals surface area contributed by atoms with Crippen molar-refractivity contribution >= 4 is 32.1 Å². The summed E-state index contributed by atoms with van der Waals surface area (Å²) >= 11 is 0. The molecule has 0 unspecified atom stereocenters. The van der Waals surface area contributed by atoms with Crippen LogP contribution in [-0.4, -0.2) is 33.9 Å². The molecule has 0 bridgehead atoms. The van der Waals surface area contributed by atoms with Gasteiger partial charge in [0, 0.05) is 29.6 Å². The van der Waals surface area contributed by atoms with Crippen LogP contribution in [0.1, 0.15) is 5.56 Å². The Morgan fingerprint density at radius 1 is 1.07 bits per heavy atom. The Balaban J connectivity index is 2.13. The van der Waals surface area contributed by atoms with Crippen molar-refractivity contribution in [2.45, 2.75) is 4.90 Å². The summed E-state index contributed by atoms with van der Waals surface area (Å²) in [4.78, 5) is 4.53. The maximum absolute atomic E-state index is 11.6. The molecule has 0 spiro atoms. The maximum atomic E-state index is 11.6. The van der Waals surface area contributed by atoms with Crippen LogP contribution in [0.15, 0.2) is 47.5 Å². The summed E-state index contributed by atoms with van der Waals surface area (Å²) in [6.45, 7) is 0. The van der Waals surface area contributed by atoms with Crippen LogP contribution >= 0.6 is 0 Å². The van der Waals surface area contributed by atoms with E-state index in [1.165, 1.54) is 32.5 Å². The number of nitriles is 1. The molecule has 1 aromatic heterocycles. The van der Waals surface area contributed by atoms with E-state index in [-0.39, 0.29) is 4.90 Å². The monoisotopic (exact) mass is 383 g/mol. The Labute approximate surface area is 157 Å². The first-order chi connectivity index (χ1) is 12.9. The predicted octanol–water partition coefficient (Wildman–Crippen LogP) is 3.27. The Morgan fingerprint density at radius 2 is 1.70 bits per heavy atom. The van der Waals surface area contributed by atoms with E-state index in [1.807, 2.05) is 0 Å². The van der Waals surface area contributed by atoms with Gasteiger partial charge in [-0.2, -0.15) is 5.26 Å². The van der Waals surface area contributed by atoms with E-state index in [9.17, 15) is 13.7 Å². The molecule has 0 aliphatic rings. The molecule has 0 aliphatic heterocycles. The molecular formula is C19H17N3O4S. The minimum atomic E-state index is -3.28. The van der Waals surface area contributed by atoms with Crippen LogP contribution in [0.5, 0.6) is 11.5 Å². The maximum Gasteiger partial charge on any atom is 0.175 e. The van der Waals surface area contributed by atoms with Crippen LogP contribution in [0.2, 0.25) is 0 Å². The molecule has 2 aromatic carbocycles. The van der Waals surface area contributed by atoms with Crippen molar-refractivity contribution in [3.63, 3.8) is 0 Å². The van der Waals surface area contributed by atoms with E-state index in [0.29, 0.717) is 39.3 Å². The lowest BCUT2D eigenvalue weighted by Gasteiger charge is -2.14. The number of methoxy groups -OCH3 is 2. The first-order valence-corrected chi connectivity index (χ1v) is 9.78. The van der Waals surface area contributed by atoms with Gasteiger partial charge in [0.05, 0.1) is 35.9 Å². The van der Waals surface area contributed by atoms with Crippen molar-refractivity contribution in [3.05, 3.63) is 48.2 Å². The smallest absolute Gasteiger partial charge is 0.175 e. The van der Waals surface area contributed by atoms with Gasteiger partial charge < -0.3 is 14.8 Å². The number of hydrogen-bond donors (Lipinski definition) is 1. The largest absolute Gasteiger partial charge is 0.493 e. The number of benzene rings is 2. The van der Waals surface area contributed by atoms with Crippen molar-refractivity contribution in [1.82, 2.24) is 4.98 Å². The zero-order chi connectivity index (χ0) is 19.6. The second-order valence-electron chi connectivity index (χ2n) is 5.80. The molecule has 138 valence electrons. The summed E-state index contributed by atoms with van der Waals surface area (Å²) in [5, 5.41) is 13.3. The SMILES string of the molecule is COc1cc2ncc(C#N)c(Nc3ccc(S(C)(=O)=O)cc3)c2cc1OC. The fourth-order valence-electron chi connectivity index (χ4n) is 2.67. The second-order valence-corrected chi connectivity index (χ2v) is 7.82. The van der Waals surface area contributed by atoms with Gasteiger partial charge in [0.15, 0.2) is 21.3 Å². The third-order valence-corrected chi connectivity index (χ3v) is 5.17. The van der Waals surface area contributed by atoms with E-state index in [0.717, 1.165) is 6.26 Å². The molecule has 0 aliphatic carbocycles. The van der Waals surface area contributed by atoms with Gasteiger partial charge in [-0.05, 0) is 30.3 Å². The van der Waals surface area contributed by atoms with Crippen molar-refractivity contribution in [1.29, 1.82) is 5.26 Å². The highest BCUT2D eigenvalue weighted by Gasteiger charge is 2.14. The molecular weight excluding hydrogens is 366 g/mol. The highest BCUT2D eigenvalue weighted by atomic mass is 32.2. The van der Waals surface area contributed by atoms with Gasteiger partial charge in [-0.3, -0.25) is 4.98 Å². The van der Waals surface area contributed by atoms with Gasteiger partial charge >= 0.3 is 0 Å². The summed E-state index contributed by atoms with van der Waals surface area (Å²) in [7, 11) is -0.210. The number of rotatable bonds is 5. The van der Waals surface area contributed by atoms with E-state index in [4.69, 9.17) is 9.47 Å². The van der Waals surface area contributed by atoms with Gasteiger partial charge in [0.1, 0.15) is 6.07 Å². The summed E-state index contributed by atoms with van der Waals surface area (Å²) in [5.74, 6) is 1.04. The highest BCUT2D eigenvalue weighted by Crippen LogP contribution is 2.36. The zero-order valence-corrected chi connectivity index (χ0v) is 15.8. The number of aromatic nitrogens is 1. The number of hydrogen-bond acceptors (Lipinski definition) is 7. The number of nitrogens with one attached hydrogen (secondary N) is 1. The van der Waals surface area contributed by atoms with Crippen molar-refractivity contribution < 1.29 is 17.9 Å². The van der Waals surface area contributed by atoms with Crippen LogP contribution in [0, 0.1) is 11.3 Å². The third-order valence-electron chi connectivity index (χ3n) is 4.05. The van der Waals surface area contributed by atoms with Crippen LogP contribution in [-0.2, 0) is 9.84 Å². The number of ether oxygens (including phenoxy) is 2. The van der Waals surface area contributed by atoms with Crippen LogP contribution < -0.4 is 14.8 Å². The summed E-state index contributed by atoms with van der Waals surface area (Å²) in [5.41, 5.74) is 2.17. The lowest BCUT2D eigenvalue weighted by atomic mass is 10.1. The predicted molar refractivity (Wildman–Crippen MR) is 102 cm³/mol. The van der Waals surface area contributed by atoms with E-state index in [1.54, 1.807) is 24.3 Å². The van der Waals surface area contributed by atoms with Crippen LogP contribution in [0.25, 0.3) is 10.9 Å². The lowest BCUT2D eigenvalue weighted by molar-refractivity contribution is 0.356. The molecule has 3 aromatic rings. The molecule has 27 heavy (non-hydrogen) atoms. The van der Waals surface area contributed by atoms with Crippen LogP contribution in [0.4, 0.5) is 11.4 Å². The van der Waals surface area contributed by atoms with E-state index < -0.39 is 9.84 Å². The van der Waals surface area contributed by atoms with Gasteiger partial charge in [0.2, 0.25) is 0 Å². The topological polar surface area (TPSA) is 101 Å². The molecule has 0 saturated carbocycles. The third kappa shape index (κ3) is 3.64. The quantitative estimate of drug-likeness (QED) is 0.721. The fraction of sp³-hybridized carbons (Fsp3) is 0.158. The van der Waals surface area contributed by atoms with Gasteiger partial charge in [0.25, 0.3) is 0 Å². The fourth-order valence-corrected chi connectivity index (χ4v) is 3.30. The molecule has 0 amide bonds. The van der Waals surface area contributed by atoms with Gasteiger partial charge in [-0.25, -0.2) is 8.42 Å². The Kier molecular flexibility index (Phi) is 4.88. The standard InChI is InChI=1S/C19H17N3O4S/c1-25-17-8-15-16(9-18(17)26-2)21-11-12(10-20)19(15)22-13-4-6-14(7-5-13)27(3,23)24/h4-9,11H,1-3H3,(H,21,22). The minimum absolute atomic E-state index is 0.222. The number of anilines is 2. The summed E-state index contributed by atoms with van der Waals surface area (Å²) < 4.78 is 33.9. The highest BCUT2D eigenvalue weighted by molar-refractivity contribution is 7.90. The van der Waals surface area contributed by atoms with E-state index in [2.05, 4.69) is 16.4 Å². The Hall–Kier alpha value is -3.31. The number of nitrogens with zero attached hydrogens (tertiary/aromatic N) is 2. The van der Waals surface area contributed by atoms with Crippen molar-refractivity contribution in [2.75, 3.05) is 25.8 Å². The molecule has 0 atom stereocenters. The Morgan fingerprint density at radius 3 is 2.26 bits per heavy atom. The molecule has 1 N–H and O–H groups in total. The van der Waals surface area contributed by atoms with Gasteiger partial charge in [-0.15, -0.1) is 0 Å². The molecule has 8 heteroatoms. The average molecular weight is 383 g/mol. The van der Waals surface area contributed by atoms with Crippen molar-refractivity contribution in [2.24, 2.45) is 0 Å². The molecule has 1 heterocycles. The number of fused-ring (bicyclic) bond motifs is 1.